The summed E-state index contributed by atoms with van der Waals surface area (Å²) in [5, 5.41) is 16.5. The molecule has 13 heavy (non-hydrogen) atoms. The second-order valence-electron chi connectivity index (χ2n) is 1.74. The molecule has 2 N–H and O–H groups in total. The van der Waals surface area contributed by atoms with Crippen LogP contribution in [0.15, 0.2) is 11.6 Å². The van der Waals surface area contributed by atoms with Crippen LogP contribution in [0.3, 0.4) is 0 Å². The molecule has 72 valence electrons. The summed E-state index contributed by atoms with van der Waals surface area (Å²) in [5.74, 6) is -4.52. The van der Waals surface area contributed by atoms with E-state index in [1.54, 1.807) is 0 Å². The maximum Gasteiger partial charge on any atom is 0.347 e. The van der Waals surface area contributed by atoms with Crippen molar-refractivity contribution in [1.82, 2.24) is 0 Å². The molecule has 0 fully saturated rings. The summed E-state index contributed by atoms with van der Waals surface area (Å²) in [6.45, 7) is 0. The number of esters is 1. The van der Waals surface area contributed by atoms with Gasteiger partial charge in [0.15, 0.2) is 11.6 Å². The maximum absolute atomic E-state index is 10.7. The monoisotopic (exact) mass is 208 g/mol. The zero-order valence-electron chi connectivity index (χ0n) is 6.19. The number of carboxylic acid groups (broad SMARTS) is 2. The SMILES string of the molecule is O=C(O)/C=C(\C(=O)O)C(=O)OCCl. The van der Waals surface area contributed by atoms with Crippen LogP contribution < -0.4 is 0 Å². The fourth-order valence-electron chi connectivity index (χ4n) is 0.459. The van der Waals surface area contributed by atoms with Crippen LogP contribution in [-0.4, -0.2) is 34.2 Å². The van der Waals surface area contributed by atoms with Crippen LogP contribution in [0.25, 0.3) is 0 Å². The molecule has 0 aromatic carbocycles. The first kappa shape index (κ1) is 11.4. The minimum atomic E-state index is -1.68. The van der Waals surface area contributed by atoms with Crippen LogP contribution in [0.2, 0.25) is 0 Å². The van der Waals surface area contributed by atoms with Gasteiger partial charge in [-0.1, -0.05) is 11.6 Å². The van der Waals surface area contributed by atoms with Crippen molar-refractivity contribution < 1.29 is 29.3 Å². The van der Waals surface area contributed by atoms with Crippen molar-refractivity contribution in [3.63, 3.8) is 0 Å². The summed E-state index contributed by atoms with van der Waals surface area (Å²) in [4.78, 5) is 31.0. The van der Waals surface area contributed by atoms with Crippen molar-refractivity contribution in [3.8, 4) is 0 Å². The van der Waals surface area contributed by atoms with Crippen molar-refractivity contribution in [3.05, 3.63) is 11.6 Å². The maximum atomic E-state index is 10.7. The number of ether oxygens (including phenoxy) is 1. The van der Waals surface area contributed by atoms with Gasteiger partial charge >= 0.3 is 17.9 Å². The van der Waals surface area contributed by atoms with Crippen LogP contribution in [0, 0.1) is 0 Å². The van der Waals surface area contributed by atoms with E-state index in [0.29, 0.717) is 0 Å². The average Bonchev–Trinajstić information content (AvgIpc) is 1.99. The lowest BCUT2D eigenvalue weighted by Crippen LogP contribution is -2.16. The van der Waals surface area contributed by atoms with Crippen LogP contribution in [-0.2, 0) is 19.1 Å². The van der Waals surface area contributed by atoms with Crippen LogP contribution >= 0.6 is 11.6 Å². The molecule has 0 aliphatic heterocycles. The summed E-state index contributed by atoms with van der Waals surface area (Å²) < 4.78 is 4.08. The number of carbonyl (C=O) groups excluding carboxylic acids is 1. The topological polar surface area (TPSA) is 101 Å². The number of carbonyl (C=O) groups is 3. The Kier molecular flexibility index (Phi) is 4.53. The highest BCUT2D eigenvalue weighted by atomic mass is 35.5. The van der Waals surface area contributed by atoms with E-state index >= 15 is 0 Å². The second-order valence-corrected chi connectivity index (χ2v) is 1.96. The lowest BCUT2D eigenvalue weighted by Gasteiger charge is -1.99. The number of aliphatic carboxylic acids is 2. The third-order valence-electron chi connectivity index (χ3n) is 0.904. The van der Waals surface area contributed by atoms with Crippen molar-refractivity contribution in [2.75, 3.05) is 6.07 Å². The zero-order chi connectivity index (χ0) is 10.4. The molecule has 0 unspecified atom stereocenters. The molecule has 7 heteroatoms. The lowest BCUT2D eigenvalue weighted by atomic mass is 10.2. The number of rotatable bonds is 4. The Bertz CT molecular complexity index is 268. The van der Waals surface area contributed by atoms with Gasteiger partial charge in [-0.25, -0.2) is 14.4 Å². The smallest absolute Gasteiger partial charge is 0.347 e. The predicted octanol–water partition coefficient (Wildman–Crippen LogP) is -0.178. The quantitative estimate of drug-likeness (QED) is 0.219. The molecule has 0 aliphatic carbocycles. The first-order chi connectivity index (χ1) is 5.99. The highest BCUT2D eigenvalue weighted by Crippen LogP contribution is 1.99. The van der Waals surface area contributed by atoms with Gasteiger partial charge in [0, 0.05) is 6.08 Å². The highest BCUT2D eigenvalue weighted by Gasteiger charge is 2.19. The average molecular weight is 209 g/mol. The van der Waals surface area contributed by atoms with Gasteiger partial charge in [0.05, 0.1) is 0 Å². The molecule has 0 amide bonds. The Morgan fingerprint density at radius 2 is 1.85 bits per heavy atom. The molecule has 0 bridgehead atoms. The largest absolute Gasteiger partial charge is 0.478 e. The van der Waals surface area contributed by atoms with E-state index in [1.165, 1.54) is 0 Å². The highest BCUT2D eigenvalue weighted by molar-refractivity contribution is 6.20. The van der Waals surface area contributed by atoms with Crippen LogP contribution in [0.5, 0.6) is 0 Å². The number of hydrogen-bond donors (Lipinski definition) is 2. The van der Waals surface area contributed by atoms with E-state index in [9.17, 15) is 14.4 Å². The Balaban J connectivity index is 4.71. The molecule has 0 aromatic heterocycles. The number of halogens is 1. The molecule has 6 nitrogen and oxygen atoms in total. The Labute approximate surface area is 77.4 Å². The molecule has 0 rings (SSSR count). The minimum Gasteiger partial charge on any atom is -0.478 e. The van der Waals surface area contributed by atoms with Gasteiger partial charge in [0.25, 0.3) is 0 Å². The molecule has 0 radical (unpaired) electrons. The summed E-state index contributed by atoms with van der Waals surface area (Å²) in [6.07, 6.45) is 0.233. The van der Waals surface area contributed by atoms with Crippen molar-refractivity contribution in [2.24, 2.45) is 0 Å². The molecule has 0 aromatic rings. The Morgan fingerprint density at radius 1 is 1.31 bits per heavy atom. The van der Waals surface area contributed by atoms with E-state index in [1.807, 2.05) is 0 Å². The summed E-state index contributed by atoms with van der Waals surface area (Å²) in [6, 6.07) is -0.539. The van der Waals surface area contributed by atoms with E-state index in [0.717, 1.165) is 0 Å². The van der Waals surface area contributed by atoms with Crippen LogP contribution in [0.1, 0.15) is 0 Å². The normalized spacial score (nSPS) is 10.7. The lowest BCUT2D eigenvalue weighted by molar-refractivity contribution is -0.144. The van der Waals surface area contributed by atoms with Gasteiger partial charge in [0.1, 0.15) is 0 Å². The summed E-state index contributed by atoms with van der Waals surface area (Å²) >= 11 is 4.97. The molecular weight excluding hydrogens is 204 g/mol. The number of carboxylic acids is 2. The minimum absolute atomic E-state index is 0.233. The number of alkyl halides is 1. The van der Waals surface area contributed by atoms with Crippen molar-refractivity contribution in [2.45, 2.75) is 0 Å². The van der Waals surface area contributed by atoms with Crippen LogP contribution in [0.4, 0.5) is 0 Å². The number of hydrogen-bond acceptors (Lipinski definition) is 4. The third kappa shape index (κ3) is 4.12. The summed E-state index contributed by atoms with van der Waals surface area (Å²) in [7, 11) is 0. The van der Waals surface area contributed by atoms with E-state index in [4.69, 9.17) is 21.8 Å². The van der Waals surface area contributed by atoms with Gasteiger partial charge in [-0.05, 0) is 0 Å². The predicted molar refractivity (Wildman–Crippen MR) is 40.2 cm³/mol. The molecule has 0 saturated heterocycles. The fraction of sp³-hybridized carbons (Fsp3) is 0.167. The van der Waals surface area contributed by atoms with Gasteiger partial charge in [0.2, 0.25) is 0 Å². The standard InChI is InChI=1S/C6H5ClO6/c7-2-13-6(12)3(5(10)11)1-4(8)9/h1H,2H2,(H,8,9)(H,10,11)/b3-1+. The van der Waals surface area contributed by atoms with Gasteiger partial charge in [-0.15, -0.1) is 0 Å². The molecule has 0 spiro atoms. The fourth-order valence-corrected chi connectivity index (χ4v) is 0.558. The van der Waals surface area contributed by atoms with Crippen molar-refractivity contribution >= 4 is 29.5 Å². The first-order valence-corrected chi connectivity index (χ1v) is 3.43. The van der Waals surface area contributed by atoms with Gasteiger partial charge in [-0.2, -0.15) is 0 Å². The van der Waals surface area contributed by atoms with Crippen molar-refractivity contribution in [1.29, 1.82) is 0 Å². The Morgan fingerprint density at radius 3 is 2.15 bits per heavy atom. The molecule has 0 saturated carbocycles. The molecule has 0 aliphatic rings. The Hall–Kier alpha value is -1.56. The second kappa shape index (κ2) is 5.15. The van der Waals surface area contributed by atoms with E-state index in [2.05, 4.69) is 4.74 Å². The summed E-state index contributed by atoms with van der Waals surface area (Å²) in [5.41, 5.74) is -0.979. The van der Waals surface area contributed by atoms with Gasteiger partial charge in [-0.3, -0.25) is 0 Å². The van der Waals surface area contributed by atoms with E-state index < -0.39 is 29.5 Å². The third-order valence-corrected chi connectivity index (χ3v) is 1.01. The van der Waals surface area contributed by atoms with E-state index in [-0.39, 0.29) is 6.08 Å². The molecular formula is C6H5ClO6. The molecule has 0 heterocycles. The molecule has 0 atom stereocenters. The first-order valence-electron chi connectivity index (χ1n) is 2.90. The van der Waals surface area contributed by atoms with Gasteiger partial charge < -0.3 is 14.9 Å². The zero-order valence-corrected chi connectivity index (χ0v) is 6.95.